The van der Waals surface area contributed by atoms with Crippen LogP contribution < -0.4 is 0 Å². The fourth-order valence-electron chi connectivity index (χ4n) is 3.41. The van der Waals surface area contributed by atoms with Gasteiger partial charge in [0.15, 0.2) is 14.0 Å². The first-order chi connectivity index (χ1) is 15.5. The Balaban J connectivity index is 2.51. The minimum absolute atomic E-state index is 0.0488. The predicted octanol–water partition coefficient (Wildman–Crippen LogP) is 4.35. The number of nitrogens with zero attached hydrogens (tertiary/aromatic N) is 1. The molecule has 8 nitrogen and oxygen atoms in total. The Morgan fingerprint density at radius 3 is 2.21 bits per heavy atom. The summed E-state index contributed by atoms with van der Waals surface area (Å²) in [6.45, 7) is 13.8. The molecular formula is C23H35NO7S2Si. The monoisotopic (exact) mass is 529 g/mol. The van der Waals surface area contributed by atoms with E-state index in [2.05, 4.69) is 33.9 Å². The van der Waals surface area contributed by atoms with Crippen molar-refractivity contribution in [3.05, 3.63) is 41.8 Å². The van der Waals surface area contributed by atoms with Gasteiger partial charge in [-0.1, -0.05) is 50.7 Å². The number of allylic oxidation sites excluding steroid dienone is 1. The quantitative estimate of drug-likeness (QED) is 0.116. The Kier molecular flexibility index (Phi) is 8.72. The SMILES string of the molecule is COC(=O)/C(=C(/C)OS(C)(=O)=O)N1C(=O)[C@H]([C@@H](C)O[Si](C)(C)C(C)(C)C)[C@H]1Sc1ccccc1. The second-order valence-corrected chi connectivity index (χ2v) is 17.3. The van der Waals surface area contributed by atoms with Gasteiger partial charge in [-0.2, -0.15) is 8.42 Å². The zero-order chi connectivity index (χ0) is 26.1. The maximum absolute atomic E-state index is 13.5. The Morgan fingerprint density at radius 1 is 1.18 bits per heavy atom. The van der Waals surface area contributed by atoms with Gasteiger partial charge in [-0.25, -0.2) is 4.79 Å². The van der Waals surface area contributed by atoms with Gasteiger partial charge in [0.25, 0.3) is 0 Å². The number of rotatable bonds is 9. The molecule has 2 rings (SSSR count). The number of hydrogen-bond acceptors (Lipinski definition) is 8. The molecule has 1 heterocycles. The molecular weight excluding hydrogens is 494 g/mol. The van der Waals surface area contributed by atoms with Crippen molar-refractivity contribution in [2.75, 3.05) is 13.4 Å². The molecule has 190 valence electrons. The van der Waals surface area contributed by atoms with Crippen LogP contribution in [-0.2, 0) is 33.1 Å². The first-order valence-corrected chi connectivity index (χ1v) is 16.5. The van der Waals surface area contributed by atoms with E-state index in [0.29, 0.717) is 0 Å². The topological polar surface area (TPSA) is 99.2 Å². The van der Waals surface area contributed by atoms with E-state index in [1.807, 2.05) is 37.3 Å². The zero-order valence-corrected chi connectivity index (χ0v) is 23.9. The number of carbonyl (C=O) groups is 2. The van der Waals surface area contributed by atoms with Gasteiger partial charge in [-0.3, -0.25) is 9.69 Å². The molecule has 1 aromatic rings. The molecule has 11 heteroatoms. The van der Waals surface area contributed by atoms with Crippen LogP contribution in [0.25, 0.3) is 0 Å². The minimum atomic E-state index is -3.92. The fraction of sp³-hybridized carbons (Fsp3) is 0.565. The molecule has 34 heavy (non-hydrogen) atoms. The summed E-state index contributed by atoms with van der Waals surface area (Å²) in [5.41, 5.74) is -0.234. The molecule has 0 spiro atoms. The molecule has 0 aromatic heterocycles. The van der Waals surface area contributed by atoms with E-state index in [1.165, 1.54) is 30.7 Å². The van der Waals surface area contributed by atoms with Crippen LogP contribution in [0.5, 0.6) is 0 Å². The number of hydrogen-bond donors (Lipinski definition) is 0. The lowest BCUT2D eigenvalue weighted by atomic mass is 9.92. The van der Waals surface area contributed by atoms with Crippen LogP contribution in [0.15, 0.2) is 46.7 Å². The normalized spacial score (nSPS) is 20.9. The highest BCUT2D eigenvalue weighted by Gasteiger charge is 2.56. The standard InChI is InChI=1S/C23H35NO7S2Si/c1-15(31-34(8,9)23(3,4)5)18-20(25)24(21(18)32-17-13-11-10-12-14-17)19(22(26)29-6)16(2)30-33(7,27)28/h10-15,18,21H,1-9H3/b19-16+/t15-,18+,21-/m1/s1. The second-order valence-electron chi connectivity index (χ2n) is 9.82. The summed E-state index contributed by atoms with van der Waals surface area (Å²) in [6, 6.07) is 9.46. The van der Waals surface area contributed by atoms with E-state index in [-0.39, 0.29) is 22.4 Å². The first-order valence-electron chi connectivity index (χ1n) is 10.9. The van der Waals surface area contributed by atoms with Crippen molar-refractivity contribution in [2.24, 2.45) is 5.92 Å². The second kappa shape index (κ2) is 10.4. The Bertz CT molecular complexity index is 1050. The van der Waals surface area contributed by atoms with Crippen molar-refractivity contribution in [3.63, 3.8) is 0 Å². The van der Waals surface area contributed by atoms with E-state index in [0.717, 1.165) is 11.2 Å². The molecule has 1 aliphatic rings. The molecule has 1 fully saturated rings. The first kappa shape index (κ1) is 28.4. The molecule has 1 aromatic carbocycles. The van der Waals surface area contributed by atoms with Crippen molar-refractivity contribution < 1.29 is 31.4 Å². The smallest absolute Gasteiger partial charge is 0.358 e. The largest absolute Gasteiger partial charge is 0.464 e. The van der Waals surface area contributed by atoms with Crippen molar-refractivity contribution >= 4 is 42.1 Å². The number of thioether (sulfide) groups is 1. The van der Waals surface area contributed by atoms with Crippen LogP contribution in [0.2, 0.25) is 18.1 Å². The van der Waals surface area contributed by atoms with Gasteiger partial charge in [0.05, 0.1) is 25.4 Å². The van der Waals surface area contributed by atoms with E-state index in [4.69, 9.17) is 13.3 Å². The van der Waals surface area contributed by atoms with E-state index >= 15 is 0 Å². The van der Waals surface area contributed by atoms with E-state index in [9.17, 15) is 18.0 Å². The highest BCUT2D eigenvalue weighted by Crippen LogP contribution is 2.46. The lowest BCUT2D eigenvalue weighted by Crippen LogP contribution is -2.64. The molecule has 3 atom stereocenters. The van der Waals surface area contributed by atoms with Crippen LogP contribution in [-0.4, -0.2) is 58.4 Å². The summed E-state index contributed by atoms with van der Waals surface area (Å²) in [7, 11) is -4.94. The van der Waals surface area contributed by atoms with Crippen LogP contribution >= 0.6 is 11.8 Å². The number of amides is 1. The van der Waals surface area contributed by atoms with Gasteiger partial charge >= 0.3 is 16.1 Å². The molecule has 1 amide bonds. The van der Waals surface area contributed by atoms with Crippen LogP contribution in [0.1, 0.15) is 34.6 Å². The highest BCUT2D eigenvalue weighted by atomic mass is 32.2. The summed E-state index contributed by atoms with van der Waals surface area (Å²) in [4.78, 5) is 28.3. The number of carbonyl (C=O) groups excluding carboxylic acids is 2. The molecule has 0 bridgehead atoms. The maximum Gasteiger partial charge on any atom is 0.358 e. The molecule has 0 radical (unpaired) electrons. The lowest BCUT2D eigenvalue weighted by Gasteiger charge is -2.50. The van der Waals surface area contributed by atoms with Crippen molar-refractivity contribution in [3.8, 4) is 0 Å². The Labute approximate surface area is 208 Å². The third-order valence-electron chi connectivity index (χ3n) is 6.11. The van der Waals surface area contributed by atoms with Crippen molar-refractivity contribution in [1.29, 1.82) is 0 Å². The average Bonchev–Trinajstić information content (AvgIpc) is 2.69. The van der Waals surface area contributed by atoms with Crippen molar-refractivity contribution in [1.82, 2.24) is 4.90 Å². The number of likely N-dealkylation sites (tertiary alicyclic amines) is 1. The zero-order valence-electron chi connectivity index (χ0n) is 21.2. The Hall–Kier alpha value is -1.82. The van der Waals surface area contributed by atoms with Crippen molar-refractivity contribution in [2.45, 2.75) is 69.1 Å². The summed E-state index contributed by atoms with van der Waals surface area (Å²) >= 11 is 1.40. The maximum atomic E-state index is 13.5. The molecule has 1 aliphatic heterocycles. The fourth-order valence-corrected chi connectivity index (χ4v) is 6.77. The third kappa shape index (κ3) is 6.44. The van der Waals surface area contributed by atoms with Gasteiger partial charge in [0.1, 0.15) is 11.1 Å². The predicted molar refractivity (Wildman–Crippen MR) is 135 cm³/mol. The Morgan fingerprint density at radius 2 is 1.74 bits per heavy atom. The third-order valence-corrected chi connectivity index (χ3v) is 12.5. The van der Waals surface area contributed by atoms with Gasteiger partial charge in [0, 0.05) is 4.90 Å². The number of benzene rings is 1. The van der Waals surface area contributed by atoms with E-state index < -0.39 is 41.8 Å². The van der Waals surface area contributed by atoms with Crippen LogP contribution in [0.3, 0.4) is 0 Å². The summed E-state index contributed by atoms with van der Waals surface area (Å²) in [5.74, 6) is -1.98. The molecule has 0 N–H and O–H groups in total. The number of β-lactam (4-membered cyclic amide) rings is 1. The van der Waals surface area contributed by atoms with Crippen LogP contribution in [0, 0.1) is 5.92 Å². The van der Waals surface area contributed by atoms with Crippen LogP contribution in [0.4, 0.5) is 0 Å². The number of methoxy groups -OCH3 is 1. The van der Waals surface area contributed by atoms with Gasteiger partial charge in [-0.15, -0.1) is 0 Å². The summed E-state index contributed by atoms with van der Waals surface area (Å²) < 4.78 is 39.8. The summed E-state index contributed by atoms with van der Waals surface area (Å²) in [5, 5.41) is -0.575. The number of esters is 1. The molecule has 0 saturated carbocycles. The highest BCUT2D eigenvalue weighted by molar-refractivity contribution is 8.00. The molecule has 0 aliphatic carbocycles. The van der Waals surface area contributed by atoms with Gasteiger partial charge in [0.2, 0.25) is 5.91 Å². The summed E-state index contributed by atoms with van der Waals surface area (Å²) in [6.07, 6.45) is 0.457. The van der Waals surface area contributed by atoms with E-state index in [1.54, 1.807) is 0 Å². The minimum Gasteiger partial charge on any atom is -0.464 e. The molecule has 1 saturated heterocycles. The van der Waals surface area contributed by atoms with Gasteiger partial charge < -0.3 is 13.3 Å². The average molecular weight is 530 g/mol. The lowest BCUT2D eigenvalue weighted by molar-refractivity contribution is -0.158. The number of ether oxygens (including phenoxy) is 1. The molecule has 0 unspecified atom stereocenters. The van der Waals surface area contributed by atoms with Gasteiger partial charge in [-0.05, 0) is 44.1 Å².